The Balaban J connectivity index is 2.18. The molecule has 0 amide bonds. The van der Waals surface area contributed by atoms with E-state index in [1.165, 1.54) is 24.0 Å². The molecular weight excluding hydrogens is 208 g/mol. The van der Waals surface area contributed by atoms with Crippen LogP contribution < -0.4 is 5.19 Å². The van der Waals surface area contributed by atoms with Gasteiger partial charge in [-0.15, -0.1) is 0 Å². The minimum atomic E-state index is 0.864. The molecule has 0 atom stereocenters. The van der Waals surface area contributed by atoms with E-state index in [9.17, 15) is 0 Å². The SMILES string of the molecule is CCCc1ccccc1[Si]C1=C(C)C=CC1. The molecule has 1 aliphatic carbocycles. The zero-order valence-electron chi connectivity index (χ0n) is 10.1. The summed E-state index contributed by atoms with van der Waals surface area (Å²) in [5.41, 5.74) is 3.01. The summed E-state index contributed by atoms with van der Waals surface area (Å²) in [7, 11) is 0.864. The molecule has 82 valence electrons. The molecule has 0 nitrogen and oxygen atoms in total. The van der Waals surface area contributed by atoms with Crippen LogP contribution in [0.1, 0.15) is 32.3 Å². The summed E-state index contributed by atoms with van der Waals surface area (Å²) in [6.45, 7) is 4.48. The number of hydrogen-bond acceptors (Lipinski definition) is 0. The second-order valence-corrected chi connectivity index (χ2v) is 5.69. The molecule has 1 aliphatic rings. The van der Waals surface area contributed by atoms with Gasteiger partial charge in [0.2, 0.25) is 0 Å². The summed E-state index contributed by atoms with van der Waals surface area (Å²) in [6.07, 6.45) is 8.14. The molecule has 0 saturated heterocycles. The number of allylic oxidation sites excluding steroid dienone is 4. The third-order valence-corrected chi connectivity index (χ3v) is 4.65. The molecule has 0 fully saturated rings. The number of hydrogen-bond donors (Lipinski definition) is 0. The first-order chi connectivity index (χ1) is 7.81. The van der Waals surface area contributed by atoms with E-state index in [1.807, 2.05) is 0 Å². The number of benzene rings is 1. The van der Waals surface area contributed by atoms with Crippen LogP contribution in [0.3, 0.4) is 0 Å². The van der Waals surface area contributed by atoms with Crippen LogP contribution in [0.5, 0.6) is 0 Å². The predicted molar refractivity (Wildman–Crippen MR) is 72.3 cm³/mol. The van der Waals surface area contributed by atoms with Crippen molar-refractivity contribution in [1.29, 1.82) is 0 Å². The van der Waals surface area contributed by atoms with E-state index < -0.39 is 0 Å². The number of aryl methyl sites for hydroxylation is 1. The molecule has 16 heavy (non-hydrogen) atoms. The summed E-state index contributed by atoms with van der Waals surface area (Å²) in [5, 5.41) is 3.16. The van der Waals surface area contributed by atoms with Crippen molar-refractivity contribution in [3.63, 3.8) is 0 Å². The van der Waals surface area contributed by atoms with Gasteiger partial charge >= 0.3 is 0 Å². The average molecular weight is 226 g/mol. The summed E-state index contributed by atoms with van der Waals surface area (Å²) >= 11 is 0. The van der Waals surface area contributed by atoms with Crippen LogP contribution in [0.15, 0.2) is 47.2 Å². The van der Waals surface area contributed by atoms with Gasteiger partial charge < -0.3 is 0 Å². The van der Waals surface area contributed by atoms with Crippen molar-refractivity contribution < 1.29 is 0 Å². The lowest BCUT2D eigenvalue weighted by Gasteiger charge is -2.09. The minimum Gasteiger partial charge on any atom is -0.0806 e. The Morgan fingerprint density at radius 3 is 2.75 bits per heavy atom. The van der Waals surface area contributed by atoms with E-state index in [1.54, 1.807) is 10.4 Å². The van der Waals surface area contributed by atoms with Gasteiger partial charge in [-0.3, -0.25) is 0 Å². The van der Waals surface area contributed by atoms with Crippen molar-refractivity contribution in [3.05, 3.63) is 52.8 Å². The Labute approximate surface area is 101 Å². The Morgan fingerprint density at radius 1 is 1.25 bits per heavy atom. The van der Waals surface area contributed by atoms with Crippen molar-refractivity contribution in [1.82, 2.24) is 0 Å². The fourth-order valence-corrected chi connectivity index (χ4v) is 3.43. The molecule has 0 N–H and O–H groups in total. The standard InChI is InChI=1S/C15H18Si/c1-3-7-13-9-4-5-10-15(13)16-14-11-6-8-12(14)2/h4-6,8-10H,3,7,11H2,1-2H3. The van der Waals surface area contributed by atoms with Crippen LogP contribution in [0.4, 0.5) is 0 Å². The van der Waals surface area contributed by atoms with Crippen LogP contribution in [0.2, 0.25) is 0 Å². The van der Waals surface area contributed by atoms with E-state index in [4.69, 9.17) is 0 Å². The van der Waals surface area contributed by atoms with Gasteiger partial charge in [0, 0.05) is 0 Å². The first kappa shape index (κ1) is 11.4. The molecule has 0 spiro atoms. The minimum absolute atomic E-state index is 0.864. The maximum absolute atomic E-state index is 2.29. The largest absolute Gasteiger partial charge is 0.116 e. The molecule has 0 aliphatic heterocycles. The van der Waals surface area contributed by atoms with Crippen LogP contribution in [-0.2, 0) is 6.42 Å². The summed E-state index contributed by atoms with van der Waals surface area (Å²) in [6, 6.07) is 8.90. The molecule has 2 radical (unpaired) electrons. The van der Waals surface area contributed by atoms with E-state index in [-0.39, 0.29) is 0 Å². The predicted octanol–water partition coefficient (Wildman–Crippen LogP) is 3.20. The Kier molecular flexibility index (Phi) is 3.78. The van der Waals surface area contributed by atoms with Gasteiger partial charge in [-0.05, 0) is 25.3 Å². The molecule has 0 bridgehead atoms. The first-order valence-electron chi connectivity index (χ1n) is 6.02. The summed E-state index contributed by atoms with van der Waals surface area (Å²) in [5.74, 6) is 0. The van der Waals surface area contributed by atoms with E-state index in [2.05, 4.69) is 50.3 Å². The summed E-state index contributed by atoms with van der Waals surface area (Å²) < 4.78 is 0. The van der Waals surface area contributed by atoms with Crippen LogP contribution in [0, 0.1) is 0 Å². The second kappa shape index (κ2) is 5.31. The first-order valence-corrected chi connectivity index (χ1v) is 7.02. The Hall–Kier alpha value is -1.08. The van der Waals surface area contributed by atoms with Crippen LogP contribution in [0.25, 0.3) is 0 Å². The molecule has 0 heterocycles. The second-order valence-electron chi connectivity index (χ2n) is 4.30. The Bertz CT molecular complexity index is 427. The van der Waals surface area contributed by atoms with E-state index in [0.29, 0.717) is 0 Å². The number of rotatable bonds is 4. The maximum atomic E-state index is 2.29. The van der Waals surface area contributed by atoms with Crippen molar-refractivity contribution in [2.75, 3.05) is 0 Å². The van der Waals surface area contributed by atoms with Gasteiger partial charge in [0.05, 0.1) is 0 Å². The topological polar surface area (TPSA) is 0 Å². The third kappa shape index (κ3) is 2.53. The highest BCUT2D eigenvalue weighted by Crippen LogP contribution is 2.17. The monoisotopic (exact) mass is 226 g/mol. The average Bonchev–Trinajstić information content (AvgIpc) is 2.68. The molecule has 0 aromatic heterocycles. The molecule has 2 rings (SSSR count). The van der Waals surface area contributed by atoms with Gasteiger partial charge in [-0.2, -0.15) is 0 Å². The van der Waals surface area contributed by atoms with Crippen LogP contribution in [-0.4, -0.2) is 9.52 Å². The lowest BCUT2D eigenvalue weighted by atomic mass is 10.1. The third-order valence-electron chi connectivity index (χ3n) is 2.99. The molecule has 0 saturated carbocycles. The highest BCUT2D eigenvalue weighted by atomic mass is 28.2. The molecule has 1 aromatic carbocycles. The van der Waals surface area contributed by atoms with Crippen molar-refractivity contribution in [2.24, 2.45) is 0 Å². The fourth-order valence-electron chi connectivity index (χ4n) is 2.06. The quantitative estimate of drug-likeness (QED) is 0.692. The molecule has 1 heteroatoms. The smallest absolute Gasteiger partial charge is 0.0806 e. The van der Waals surface area contributed by atoms with Crippen molar-refractivity contribution in [2.45, 2.75) is 33.1 Å². The maximum Gasteiger partial charge on any atom is 0.116 e. The molecular formula is C15H18Si. The fraction of sp³-hybridized carbons (Fsp3) is 0.333. The van der Waals surface area contributed by atoms with E-state index in [0.717, 1.165) is 15.9 Å². The van der Waals surface area contributed by atoms with Crippen molar-refractivity contribution in [3.8, 4) is 0 Å². The molecule has 1 aromatic rings. The normalized spacial score (nSPS) is 14.9. The van der Waals surface area contributed by atoms with Gasteiger partial charge in [-0.1, -0.05) is 65.7 Å². The van der Waals surface area contributed by atoms with Crippen molar-refractivity contribution >= 4 is 14.7 Å². The lowest BCUT2D eigenvalue weighted by molar-refractivity contribution is 0.927. The van der Waals surface area contributed by atoms with Gasteiger partial charge in [0.15, 0.2) is 0 Å². The van der Waals surface area contributed by atoms with Gasteiger partial charge in [0.1, 0.15) is 9.52 Å². The van der Waals surface area contributed by atoms with Gasteiger partial charge in [-0.25, -0.2) is 0 Å². The van der Waals surface area contributed by atoms with E-state index >= 15 is 0 Å². The summed E-state index contributed by atoms with van der Waals surface area (Å²) in [4.78, 5) is 0. The zero-order valence-corrected chi connectivity index (χ0v) is 11.1. The zero-order chi connectivity index (χ0) is 11.4. The lowest BCUT2D eigenvalue weighted by Crippen LogP contribution is -2.21. The van der Waals surface area contributed by atoms with Crippen LogP contribution >= 0.6 is 0 Å². The molecule has 0 unspecified atom stereocenters. The van der Waals surface area contributed by atoms with Gasteiger partial charge in [0.25, 0.3) is 0 Å². The highest BCUT2D eigenvalue weighted by Gasteiger charge is 2.09. The Morgan fingerprint density at radius 2 is 2.06 bits per heavy atom. The highest BCUT2D eigenvalue weighted by molar-refractivity contribution is 6.61.